The first-order valence-electron chi connectivity index (χ1n) is 6.13. The number of benzene rings is 1. The van der Waals surface area contributed by atoms with Gasteiger partial charge in [-0.15, -0.1) is 12.4 Å². The molecule has 3 N–H and O–H groups in total. The zero-order chi connectivity index (χ0) is 13.0. The van der Waals surface area contributed by atoms with Crippen molar-refractivity contribution in [3.05, 3.63) is 23.8 Å². The first kappa shape index (κ1) is 15.6. The van der Waals surface area contributed by atoms with Crippen LogP contribution in [-0.4, -0.2) is 25.7 Å². The number of halogens is 1. The van der Waals surface area contributed by atoms with Crippen molar-refractivity contribution in [1.29, 1.82) is 0 Å². The molecule has 0 radical (unpaired) electrons. The third-order valence-corrected chi connectivity index (χ3v) is 2.90. The third-order valence-electron chi connectivity index (χ3n) is 2.90. The Hall–Kier alpha value is -1.46. The quantitative estimate of drug-likeness (QED) is 0.878. The first-order valence-corrected chi connectivity index (χ1v) is 6.13. The highest BCUT2D eigenvalue weighted by molar-refractivity contribution is 5.85. The summed E-state index contributed by atoms with van der Waals surface area (Å²) < 4.78 is 11.0. The lowest BCUT2D eigenvalue weighted by molar-refractivity contribution is -0.120. The zero-order valence-electron chi connectivity index (χ0n) is 10.8. The molecule has 1 aromatic carbocycles. The van der Waals surface area contributed by atoms with Crippen LogP contribution in [0.25, 0.3) is 0 Å². The third kappa shape index (κ3) is 3.75. The molecular weight excluding hydrogens is 268 g/mol. The van der Waals surface area contributed by atoms with Crippen LogP contribution >= 0.6 is 12.4 Å². The van der Waals surface area contributed by atoms with Gasteiger partial charge in [0.25, 0.3) is 0 Å². The molecule has 0 saturated carbocycles. The molecule has 0 saturated heterocycles. The van der Waals surface area contributed by atoms with Gasteiger partial charge in [-0.3, -0.25) is 4.79 Å². The van der Waals surface area contributed by atoms with Gasteiger partial charge in [-0.25, -0.2) is 0 Å². The average molecular weight is 287 g/mol. The molecule has 1 unspecified atom stereocenters. The Morgan fingerprint density at radius 3 is 2.68 bits per heavy atom. The Bertz CT molecular complexity index is 440. The Kier molecular flexibility index (Phi) is 5.92. The van der Waals surface area contributed by atoms with E-state index in [0.29, 0.717) is 13.2 Å². The number of carbonyl (C=O) groups excluding carboxylic acids is 1. The van der Waals surface area contributed by atoms with Crippen LogP contribution in [-0.2, 0) is 4.79 Å². The highest BCUT2D eigenvalue weighted by atomic mass is 35.5. The van der Waals surface area contributed by atoms with Gasteiger partial charge >= 0.3 is 0 Å². The van der Waals surface area contributed by atoms with Crippen LogP contribution in [0.2, 0.25) is 0 Å². The summed E-state index contributed by atoms with van der Waals surface area (Å²) in [6, 6.07) is 5.69. The van der Waals surface area contributed by atoms with E-state index >= 15 is 0 Å². The van der Waals surface area contributed by atoms with Crippen molar-refractivity contribution in [1.82, 2.24) is 5.32 Å². The second-order valence-corrected chi connectivity index (χ2v) is 4.14. The highest BCUT2D eigenvalue weighted by Crippen LogP contribution is 2.33. The van der Waals surface area contributed by atoms with Crippen LogP contribution in [0.15, 0.2) is 18.2 Å². The SMILES string of the molecule is CCC(NC(=O)CN)c1ccc2c(c1)OCCO2.Cl. The molecule has 1 aliphatic rings. The van der Waals surface area contributed by atoms with Crippen molar-refractivity contribution in [3.8, 4) is 11.5 Å². The van der Waals surface area contributed by atoms with Crippen LogP contribution in [0.3, 0.4) is 0 Å². The molecule has 19 heavy (non-hydrogen) atoms. The lowest BCUT2D eigenvalue weighted by atomic mass is 10.0. The minimum atomic E-state index is -0.156. The number of hydrogen-bond donors (Lipinski definition) is 2. The Balaban J connectivity index is 0.00000180. The summed E-state index contributed by atoms with van der Waals surface area (Å²) >= 11 is 0. The lowest BCUT2D eigenvalue weighted by Gasteiger charge is -2.22. The van der Waals surface area contributed by atoms with Gasteiger partial charge in [0.15, 0.2) is 11.5 Å². The number of nitrogens with one attached hydrogen (secondary N) is 1. The number of ether oxygens (including phenoxy) is 2. The number of carbonyl (C=O) groups is 1. The predicted molar refractivity (Wildman–Crippen MR) is 74.9 cm³/mol. The molecule has 1 aliphatic heterocycles. The number of rotatable bonds is 4. The maximum atomic E-state index is 11.4. The van der Waals surface area contributed by atoms with E-state index in [2.05, 4.69) is 5.32 Å². The molecular formula is C13H19ClN2O3. The summed E-state index contributed by atoms with van der Waals surface area (Å²) in [6.45, 7) is 3.15. The van der Waals surface area contributed by atoms with Crippen molar-refractivity contribution < 1.29 is 14.3 Å². The predicted octanol–water partition coefficient (Wildman–Crippen LogP) is 1.41. The van der Waals surface area contributed by atoms with Gasteiger partial charge in [-0.05, 0) is 24.1 Å². The van der Waals surface area contributed by atoms with Crippen LogP contribution < -0.4 is 20.5 Å². The van der Waals surface area contributed by atoms with E-state index in [1.807, 2.05) is 25.1 Å². The van der Waals surface area contributed by atoms with Gasteiger partial charge in [0, 0.05) is 0 Å². The highest BCUT2D eigenvalue weighted by Gasteiger charge is 2.16. The van der Waals surface area contributed by atoms with E-state index in [9.17, 15) is 4.79 Å². The van der Waals surface area contributed by atoms with E-state index in [1.54, 1.807) is 0 Å². The normalized spacial score (nSPS) is 14.2. The molecule has 1 amide bonds. The fourth-order valence-electron chi connectivity index (χ4n) is 1.95. The second kappa shape index (κ2) is 7.21. The molecule has 0 spiro atoms. The van der Waals surface area contributed by atoms with E-state index in [4.69, 9.17) is 15.2 Å². The molecule has 6 heteroatoms. The van der Waals surface area contributed by atoms with Crippen LogP contribution in [0, 0.1) is 0 Å². The Morgan fingerprint density at radius 1 is 1.37 bits per heavy atom. The average Bonchev–Trinajstić information content (AvgIpc) is 2.44. The monoisotopic (exact) mass is 286 g/mol. The molecule has 1 atom stereocenters. The molecule has 0 fully saturated rings. The van der Waals surface area contributed by atoms with Gasteiger partial charge < -0.3 is 20.5 Å². The van der Waals surface area contributed by atoms with E-state index in [0.717, 1.165) is 23.5 Å². The van der Waals surface area contributed by atoms with Gasteiger partial charge in [0.2, 0.25) is 5.91 Å². The van der Waals surface area contributed by atoms with Crippen LogP contribution in [0.1, 0.15) is 24.9 Å². The summed E-state index contributed by atoms with van der Waals surface area (Å²) in [5.74, 6) is 1.33. The van der Waals surface area contributed by atoms with Crippen molar-refractivity contribution in [3.63, 3.8) is 0 Å². The van der Waals surface area contributed by atoms with Crippen molar-refractivity contribution in [2.45, 2.75) is 19.4 Å². The maximum absolute atomic E-state index is 11.4. The summed E-state index contributed by atoms with van der Waals surface area (Å²) in [5.41, 5.74) is 6.31. The van der Waals surface area contributed by atoms with Gasteiger partial charge in [0.1, 0.15) is 13.2 Å². The summed E-state index contributed by atoms with van der Waals surface area (Å²) in [4.78, 5) is 11.4. The maximum Gasteiger partial charge on any atom is 0.234 e. The van der Waals surface area contributed by atoms with Crippen LogP contribution in [0.4, 0.5) is 0 Å². The van der Waals surface area contributed by atoms with E-state index in [-0.39, 0.29) is 30.9 Å². The molecule has 0 aliphatic carbocycles. The molecule has 5 nitrogen and oxygen atoms in total. The fraction of sp³-hybridized carbons (Fsp3) is 0.462. The van der Waals surface area contributed by atoms with E-state index < -0.39 is 0 Å². The zero-order valence-corrected chi connectivity index (χ0v) is 11.7. The fourth-order valence-corrected chi connectivity index (χ4v) is 1.95. The lowest BCUT2D eigenvalue weighted by Crippen LogP contribution is -2.33. The first-order chi connectivity index (χ1) is 8.74. The Morgan fingerprint density at radius 2 is 2.05 bits per heavy atom. The topological polar surface area (TPSA) is 73.6 Å². The number of nitrogens with two attached hydrogens (primary N) is 1. The molecule has 2 rings (SSSR count). The molecule has 1 heterocycles. The summed E-state index contributed by atoms with van der Waals surface area (Å²) in [6.07, 6.45) is 0.797. The minimum Gasteiger partial charge on any atom is -0.486 e. The molecule has 0 bridgehead atoms. The number of fused-ring (bicyclic) bond motifs is 1. The summed E-state index contributed by atoms with van der Waals surface area (Å²) in [5, 5.41) is 2.88. The van der Waals surface area contributed by atoms with E-state index in [1.165, 1.54) is 0 Å². The van der Waals surface area contributed by atoms with Gasteiger partial charge in [-0.1, -0.05) is 13.0 Å². The van der Waals surface area contributed by atoms with Gasteiger partial charge in [-0.2, -0.15) is 0 Å². The molecule has 0 aromatic heterocycles. The molecule has 1 aromatic rings. The standard InChI is InChI=1S/C13H18N2O3.ClH/c1-2-10(15-13(16)8-14)9-3-4-11-12(7-9)18-6-5-17-11;/h3-4,7,10H,2,5-6,8,14H2,1H3,(H,15,16);1H. The minimum absolute atomic E-state index is 0. The second-order valence-electron chi connectivity index (χ2n) is 4.14. The van der Waals surface area contributed by atoms with Crippen molar-refractivity contribution >= 4 is 18.3 Å². The largest absolute Gasteiger partial charge is 0.486 e. The van der Waals surface area contributed by atoms with Crippen molar-refractivity contribution in [2.75, 3.05) is 19.8 Å². The molecule has 106 valence electrons. The number of hydrogen-bond acceptors (Lipinski definition) is 4. The summed E-state index contributed by atoms with van der Waals surface area (Å²) in [7, 11) is 0. The Labute approximate surface area is 118 Å². The smallest absolute Gasteiger partial charge is 0.234 e. The van der Waals surface area contributed by atoms with Crippen molar-refractivity contribution in [2.24, 2.45) is 5.73 Å². The van der Waals surface area contributed by atoms with Crippen LogP contribution in [0.5, 0.6) is 11.5 Å². The van der Waals surface area contributed by atoms with Gasteiger partial charge in [0.05, 0.1) is 12.6 Å². The number of amides is 1.